The van der Waals surface area contributed by atoms with Gasteiger partial charge >= 0.3 is 0 Å². The molecule has 1 saturated heterocycles. The molecule has 1 atom stereocenters. The minimum absolute atomic E-state index is 0.196. The monoisotopic (exact) mass is 437 g/mol. The van der Waals surface area contributed by atoms with Crippen molar-refractivity contribution in [1.29, 1.82) is 0 Å². The van der Waals surface area contributed by atoms with Crippen LogP contribution in [0.25, 0.3) is 0 Å². The summed E-state index contributed by atoms with van der Waals surface area (Å²) >= 11 is 0. The highest BCUT2D eigenvalue weighted by molar-refractivity contribution is 7.89. The van der Waals surface area contributed by atoms with Gasteiger partial charge in [0.2, 0.25) is 16.4 Å². The second-order valence-corrected chi connectivity index (χ2v) is 9.16. The summed E-state index contributed by atoms with van der Waals surface area (Å²) in [5.41, 5.74) is 0.977. The normalized spacial score (nSPS) is 15.8. The van der Waals surface area contributed by atoms with E-state index in [9.17, 15) is 18.4 Å². The van der Waals surface area contributed by atoms with Crippen molar-refractivity contribution >= 4 is 22.1 Å². The van der Waals surface area contributed by atoms with Gasteiger partial charge in [-0.3, -0.25) is 10.0 Å². The molecule has 1 aliphatic rings. The number of methoxy groups -OCH3 is 1. The van der Waals surface area contributed by atoms with Gasteiger partial charge in [0.15, 0.2) is 0 Å². The molecule has 1 fully saturated rings. The van der Waals surface area contributed by atoms with Crippen LogP contribution in [0.4, 0.5) is 5.69 Å². The predicted octanol–water partition coefficient (Wildman–Crippen LogP) is 1.95. The highest BCUT2D eigenvalue weighted by Crippen LogP contribution is 2.23. The summed E-state index contributed by atoms with van der Waals surface area (Å²) in [5.74, 6) is 5.94. The lowest BCUT2D eigenvalue weighted by atomic mass is 10.2. The van der Waals surface area contributed by atoms with Crippen molar-refractivity contribution in [3.05, 3.63) is 24.3 Å². The minimum Gasteiger partial charge on any atom is -0.497 e. The lowest BCUT2D eigenvalue weighted by Crippen LogP contribution is -2.51. The molecule has 0 radical (unpaired) electrons. The molecule has 0 aliphatic carbocycles. The maximum Gasteiger partial charge on any atom is 0.234 e. The van der Waals surface area contributed by atoms with Crippen LogP contribution < -0.4 is 9.64 Å². The van der Waals surface area contributed by atoms with E-state index in [0.717, 1.165) is 30.7 Å². The molecule has 30 heavy (non-hydrogen) atoms. The third kappa shape index (κ3) is 6.90. The largest absolute Gasteiger partial charge is 0.497 e. The summed E-state index contributed by atoms with van der Waals surface area (Å²) in [4.78, 5) is 13.1. The Morgan fingerprint density at radius 1 is 1.27 bits per heavy atom. The van der Waals surface area contributed by atoms with Gasteiger partial charge in [-0.25, -0.2) is 13.5 Å². The molecule has 8 nitrogen and oxygen atoms in total. The molecule has 1 aliphatic heterocycles. The molecule has 9 heteroatoms. The summed E-state index contributed by atoms with van der Waals surface area (Å²) in [7, 11) is -2.08. The average Bonchev–Trinajstić information content (AvgIpc) is 2.77. The maximum absolute atomic E-state index is 12.9. The van der Waals surface area contributed by atoms with Crippen molar-refractivity contribution in [2.24, 2.45) is 0 Å². The molecule has 1 N–H and O–H groups in total. The van der Waals surface area contributed by atoms with Crippen molar-refractivity contribution in [3.63, 3.8) is 0 Å². The number of hydroxylamine groups is 2. The summed E-state index contributed by atoms with van der Waals surface area (Å²) in [6.45, 7) is 3.80. The Labute approximate surface area is 179 Å². The molecular formula is C21H31N3O5S. The number of rotatable bonds is 10. The van der Waals surface area contributed by atoms with Gasteiger partial charge < -0.3 is 9.64 Å². The molecule has 0 bridgehead atoms. The molecule has 1 heterocycles. The highest BCUT2D eigenvalue weighted by Gasteiger charge is 2.31. The second kappa shape index (κ2) is 11.8. The number of sulfonamides is 1. The van der Waals surface area contributed by atoms with E-state index < -0.39 is 21.8 Å². The molecule has 0 spiro atoms. The SMILES string of the molecule is CCCCCC#CC(CS(=O)(=O)N1CCN(c2cccc(OC)c2)CC1)N(O)C=O. The lowest BCUT2D eigenvalue weighted by molar-refractivity contribution is -0.153. The van der Waals surface area contributed by atoms with Crippen LogP contribution >= 0.6 is 0 Å². The molecule has 1 aromatic rings. The Morgan fingerprint density at radius 2 is 2.00 bits per heavy atom. The molecule has 1 unspecified atom stereocenters. The van der Waals surface area contributed by atoms with Gasteiger partial charge in [0, 0.05) is 44.4 Å². The molecule has 0 aromatic heterocycles. The zero-order valence-electron chi connectivity index (χ0n) is 17.7. The van der Waals surface area contributed by atoms with Crippen LogP contribution in [0.1, 0.15) is 32.6 Å². The van der Waals surface area contributed by atoms with Crippen molar-refractivity contribution in [2.75, 3.05) is 43.9 Å². The molecule has 166 valence electrons. The summed E-state index contributed by atoms with van der Waals surface area (Å²) in [6, 6.07) is 6.56. The van der Waals surface area contributed by atoms with Gasteiger partial charge in [0.25, 0.3) is 0 Å². The first kappa shape index (κ1) is 24.0. The zero-order chi connectivity index (χ0) is 22.0. The first-order valence-electron chi connectivity index (χ1n) is 10.2. The number of carbonyl (C=O) groups excluding carboxylic acids is 1. The summed E-state index contributed by atoms with van der Waals surface area (Å²) in [6.07, 6.45) is 3.80. The minimum atomic E-state index is -3.68. The van der Waals surface area contributed by atoms with Crippen LogP contribution in [0.2, 0.25) is 0 Å². The summed E-state index contributed by atoms with van der Waals surface area (Å²) < 4.78 is 32.4. The fourth-order valence-electron chi connectivity index (χ4n) is 3.25. The Kier molecular flexibility index (Phi) is 9.43. The second-order valence-electron chi connectivity index (χ2n) is 7.15. The smallest absolute Gasteiger partial charge is 0.234 e. The van der Waals surface area contributed by atoms with Gasteiger partial charge in [0.1, 0.15) is 11.8 Å². The van der Waals surface area contributed by atoms with Gasteiger partial charge in [-0.05, 0) is 18.6 Å². The predicted molar refractivity (Wildman–Crippen MR) is 116 cm³/mol. The quantitative estimate of drug-likeness (QED) is 0.198. The van der Waals surface area contributed by atoms with Crippen LogP contribution in [0, 0.1) is 11.8 Å². The van der Waals surface area contributed by atoms with E-state index in [-0.39, 0.29) is 6.41 Å². The fourth-order valence-corrected chi connectivity index (χ4v) is 4.81. The van der Waals surface area contributed by atoms with E-state index in [4.69, 9.17) is 4.74 Å². The number of hydrogen-bond acceptors (Lipinski definition) is 6. The van der Waals surface area contributed by atoms with Gasteiger partial charge in [-0.1, -0.05) is 31.8 Å². The third-order valence-corrected chi connectivity index (χ3v) is 6.91. The maximum atomic E-state index is 12.9. The fraction of sp³-hybridized carbons (Fsp3) is 0.571. The Morgan fingerprint density at radius 3 is 2.63 bits per heavy atom. The number of hydrogen-bond donors (Lipinski definition) is 1. The van der Waals surface area contributed by atoms with E-state index in [0.29, 0.717) is 37.7 Å². The number of unbranched alkanes of at least 4 members (excludes halogenated alkanes) is 3. The Bertz CT molecular complexity index is 842. The Balaban J connectivity index is 1.99. The number of carbonyl (C=O) groups is 1. The lowest BCUT2D eigenvalue weighted by Gasteiger charge is -2.36. The van der Waals surface area contributed by atoms with Crippen LogP contribution in [-0.2, 0) is 14.8 Å². The number of amides is 1. The van der Waals surface area contributed by atoms with Crippen molar-refractivity contribution < 1.29 is 23.2 Å². The van der Waals surface area contributed by atoms with E-state index in [1.54, 1.807) is 7.11 Å². The Hall–Kier alpha value is -2.28. The van der Waals surface area contributed by atoms with Gasteiger partial charge in [-0.2, -0.15) is 4.31 Å². The molecular weight excluding hydrogens is 406 g/mol. The summed E-state index contributed by atoms with van der Waals surface area (Å²) in [5, 5.41) is 10.1. The zero-order valence-corrected chi connectivity index (χ0v) is 18.5. The number of ether oxygens (including phenoxy) is 1. The van der Waals surface area contributed by atoms with Gasteiger partial charge in [0.05, 0.1) is 12.9 Å². The number of nitrogens with zero attached hydrogens (tertiary/aromatic N) is 3. The average molecular weight is 438 g/mol. The van der Waals surface area contributed by atoms with Crippen molar-refractivity contribution in [3.8, 4) is 17.6 Å². The van der Waals surface area contributed by atoms with E-state index in [2.05, 4.69) is 23.7 Å². The third-order valence-electron chi connectivity index (χ3n) is 5.02. The van der Waals surface area contributed by atoms with E-state index >= 15 is 0 Å². The highest BCUT2D eigenvalue weighted by atomic mass is 32.2. The molecule has 0 saturated carbocycles. The standard InChI is InChI=1S/C21H31N3O5S/c1-3-4-5-6-7-9-20(24(26)18-25)17-30(27,28)23-14-12-22(13-15-23)19-10-8-11-21(16-19)29-2/h8,10-11,16,18,20,26H,3-6,12-15,17H2,1-2H3. The first-order chi connectivity index (χ1) is 14.4. The van der Waals surface area contributed by atoms with Crippen molar-refractivity contribution in [2.45, 2.75) is 38.6 Å². The topological polar surface area (TPSA) is 90.4 Å². The van der Waals surface area contributed by atoms with Crippen LogP contribution in [-0.4, -0.2) is 74.5 Å². The van der Waals surface area contributed by atoms with Crippen LogP contribution in [0.15, 0.2) is 24.3 Å². The van der Waals surface area contributed by atoms with E-state index in [1.165, 1.54) is 4.31 Å². The molecule has 1 aromatic carbocycles. The number of benzene rings is 1. The first-order valence-corrected chi connectivity index (χ1v) is 11.8. The van der Waals surface area contributed by atoms with Gasteiger partial charge in [-0.15, -0.1) is 5.92 Å². The van der Waals surface area contributed by atoms with E-state index in [1.807, 2.05) is 24.3 Å². The molecule has 1 amide bonds. The number of anilines is 1. The van der Waals surface area contributed by atoms with Crippen LogP contribution in [0.3, 0.4) is 0 Å². The van der Waals surface area contributed by atoms with Crippen molar-refractivity contribution in [1.82, 2.24) is 9.37 Å². The number of piperazine rings is 1. The molecule has 2 rings (SSSR count). The van der Waals surface area contributed by atoms with Crippen LogP contribution in [0.5, 0.6) is 5.75 Å².